The Balaban J connectivity index is 1.67. The van der Waals surface area contributed by atoms with Crippen LogP contribution in [0.1, 0.15) is 79.4 Å². The van der Waals surface area contributed by atoms with Gasteiger partial charge in [-0.25, -0.2) is 4.79 Å². The van der Waals surface area contributed by atoms with Crippen LogP contribution in [0.4, 0.5) is 5.69 Å². The Bertz CT molecular complexity index is 1270. The lowest BCUT2D eigenvalue weighted by atomic mass is 9.75. The number of nitrogens with zero attached hydrogens (tertiary/aromatic N) is 2. The summed E-state index contributed by atoms with van der Waals surface area (Å²) in [6.45, 7) is 7.21. The van der Waals surface area contributed by atoms with E-state index in [1.54, 1.807) is 6.07 Å². The molecule has 0 bridgehead atoms. The highest BCUT2D eigenvalue weighted by atomic mass is 16.4. The SMILES string of the molecule is CC1(C)CN2CCn3c(c(C4CCCCC4)c4ccc(C(=O)O)cc43)-c3cccc(c32)[C@@H]1N. The van der Waals surface area contributed by atoms with Crippen molar-refractivity contribution in [2.24, 2.45) is 11.1 Å². The second kappa shape index (κ2) is 7.36. The second-order valence-corrected chi connectivity index (χ2v) is 10.9. The Kier molecular flexibility index (Phi) is 4.64. The highest BCUT2D eigenvalue weighted by Crippen LogP contribution is 2.52. The van der Waals surface area contributed by atoms with Crippen LogP contribution < -0.4 is 10.6 Å². The van der Waals surface area contributed by atoms with Crippen LogP contribution in [0.25, 0.3) is 22.2 Å². The second-order valence-electron chi connectivity index (χ2n) is 10.9. The molecule has 172 valence electrons. The molecule has 5 heteroatoms. The molecular weight excluding hydrogens is 410 g/mol. The molecule has 0 spiro atoms. The summed E-state index contributed by atoms with van der Waals surface area (Å²) in [5, 5.41) is 10.9. The van der Waals surface area contributed by atoms with Crippen LogP contribution in [0, 0.1) is 5.41 Å². The smallest absolute Gasteiger partial charge is 0.335 e. The van der Waals surface area contributed by atoms with E-state index < -0.39 is 5.97 Å². The number of rotatable bonds is 2. The van der Waals surface area contributed by atoms with Gasteiger partial charge in [0.05, 0.1) is 16.9 Å². The van der Waals surface area contributed by atoms with Gasteiger partial charge >= 0.3 is 5.97 Å². The first-order valence-corrected chi connectivity index (χ1v) is 12.4. The van der Waals surface area contributed by atoms with E-state index in [0.717, 1.165) is 25.2 Å². The largest absolute Gasteiger partial charge is 0.478 e. The lowest BCUT2D eigenvalue weighted by molar-refractivity contribution is 0.0697. The maximum absolute atomic E-state index is 11.8. The van der Waals surface area contributed by atoms with Crippen LogP contribution in [0.5, 0.6) is 0 Å². The Labute approximate surface area is 195 Å². The molecule has 1 aromatic heterocycles. The third kappa shape index (κ3) is 3.05. The van der Waals surface area contributed by atoms with Gasteiger partial charge < -0.3 is 20.3 Å². The van der Waals surface area contributed by atoms with Crippen LogP contribution in [-0.2, 0) is 6.54 Å². The number of carboxylic acid groups (broad SMARTS) is 1. The summed E-state index contributed by atoms with van der Waals surface area (Å²) in [6.07, 6.45) is 6.26. The van der Waals surface area contributed by atoms with E-state index in [9.17, 15) is 9.90 Å². The van der Waals surface area contributed by atoms with Gasteiger partial charge in [0.15, 0.2) is 0 Å². The van der Waals surface area contributed by atoms with Gasteiger partial charge in [0.1, 0.15) is 0 Å². The van der Waals surface area contributed by atoms with Gasteiger partial charge in [-0.3, -0.25) is 0 Å². The zero-order valence-corrected chi connectivity index (χ0v) is 19.6. The average molecular weight is 444 g/mol. The van der Waals surface area contributed by atoms with Crippen LogP contribution in [0.2, 0.25) is 0 Å². The minimum atomic E-state index is -0.866. The number of aromatic carboxylic acids is 1. The maximum Gasteiger partial charge on any atom is 0.335 e. The van der Waals surface area contributed by atoms with Crippen molar-refractivity contribution in [3.8, 4) is 11.3 Å². The van der Waals surface area contributed by atoms with Crippen LogP contribution in [0.3, 0.4) is 0 Å². The Hall–Kier alpha value is -2.79. The molecule has 0 amide bonds. The summed E-state index contributed by atoms with van der Waals surface area (Å²) in [5.41, 5.74) is 14.8. The summed E-state index contributed by atoms with van der Waals surface area (Å²) < 4.78 is 2.41. The molecule has 3 N–H and O–H groups in total. The molecular formula is C28H33N3O2. The molecule has 2 aliphatic heterocycles. The van der Waals surface area contributed by atoms with Crippen molar-refractivity contribution in [3.05, 3.63) is 53.1 Å². The molecule has 0 saturated heterocycles. The van der Waals surface area contributed by atoms with E-state index in [-0.39, 0.29) is 11.5 Å². The van der Waals surface area contributed by atoms with Gasteiger partial charge in [-0.1, -0.05) is 57.4 Å². The maximum atomic E-state index is 11.8. The topological polar surface area (TPSA) is 71.5 Å². The molecule has 3 aliphatic rings. The monoisotopic (exact) mass is 443 g/mol. The number of hydrogen-bond acceptors (Lipinski definition) is 3. The van der Waals surface area contributed by atoms with Crippen molar-refractivity contribution in [2.75, 3.05) is 18.0 Å². The third-order valence-electron chi connectivity index (χ3n) is 8.37. The fourth-order valence-electron chi connectivity index (χ4n) is 6.69. The lowest BCUT2D eigenvalue weighted by Crippen LogP contribution is -2.46. The zero-order valence-electron chi connectivity index (χ0n) is 19.6. The minimum absolute atomic E-state index is 0.00336. The number of nitrogens with two attached hydrogens (primary N) is 1. The van der Waals surface area contributed by atoms with Crippen molar-refractivity contribution in [1.82, 2.24) is 4.57 Å². The van der Waals surface area contributed by atoms with Gasteiger partial charge in [0.2, 0.25) is 0 Å². The number of carboxylic acids is 1. The van der Waals surface area contributed by atoms with Gasteiger partial charge in [0.25, 0.3) is 0 Å². The van der Waals surface area contributed by atoms with Crippen molar-refractivity contribution in [1.29, 1.82) is 0 Å². The quantitative estimate of drug-likeness (QED) is 0.516. The van der Waals surface area contributed by atoms with Crippen LogP contribution >= 0.6 is 0 Å². The number of fused-ring (bicyclic) bond motifs is 4. The van der Waals surface area contributed by atoms with E-state index in [0.29, 0.717) is 11.5 Å². The first-order chi connectivity index (χ1) is 15.9. The van der Waals surface area contributed by atoms with Crippen LogP contribution in [0.15, 0.2) is 36.4 Å². The minimum Gasteiger partial charge on any atom is -0.478 e. The molecule has 3 aromatic rings. The fraction of sp³-hybridized carbons (Fsp3) is 0.464. The summed E-state index contributed by atoms with van der Waals surface area (Å²) in [5.74, 6) is -0.348. The summed E-state index contributed by atoms with van der Waals surface area (Å²) in [6, 6.07) is 12.4. The molecule has 33 heavy (non-hydrogen) atoms. The highest BCUT2D eigenvalue weighted by molar-refractivity contribution is 6.00. The van der Waals surface area contributed by atoms with Gasteiger partial charge in [-0.05, 0) is 42.0 Å². The zero-order chi connectivity index (χ0) is 22.9. The third-order valence-corrected chi connectivity index (χ3v) is 8.37. The number of para-hydroxylation sites is 1. The Morgan fingerprint density at radius 2 is 1.88 bits per heavy atom. The molecule has 1 saturated carbocycles. The van der Waals surface area contributed by atoms with E-state index in [4.69, 9.17) is 5.73 Å². The van der Waals surface area contributed by atoms with E-state index in [1.807, 2.05) is 6.07 Å². The summed E-state index contributed by atoms with van der Waals surface area (Å²) >= 11 is 0. The average Bonchev–Trinajstić information content (AvgIpc) is 3.05. The lowest BCUT2D eigenvalue weighted by Gasteiger charge is -2.45. The molecule has 5 nitrogen and oxygen atoms in total. The predicted molar refractivity (Wildman–Crippen MR) is 133 cm³/mol. The van der Waals surface area contributed by atoms with Crippen molar-refractivity contribution < 1.29 is 9.90 Å². The van der Waals surface area contributed by atoms with Crippen LogP contribution in [-0.4, -0.2) is 28.7 Å². The standard InChI is InChI=1S/C28H33N3O2/c1-28(2)16-30-13-14-31-22-15-18(27(32)33)11-12-19(22)23(17-7-4-3-5-8-17)25(31)20-9-6-10-21(24(20)30)26(28)29/h6,9-12,15,17,26H,3-5,7-8,13-14,16,29H2,1-2H3,(H,32,33)/t26-/m0/s1. The first kappa shape index (κ1) is 20.8. The summed E-state index contributed by atoms with van der Waals surface area (Å²) in [4.78, 5) is 14.3. The first-order valence-electron chi connectivity index (χ1n) is 12.4. The number of anilines is 1. The predicted octanol–water partition coefficient (Wildman–Crippen LogP) is 5.91. The van der Waals surface area contributed by atoms with Crippen molar-refractivity contribution in [2.45, 2.75) is 64.5 Å². The van der Waals surface area contributed by atoms with Gasteiger partial charge in [-0.2, -0.15) is 0 Å². The van der Waals surface area contributed by atoms with Gasteiger partial charge in [-0.15, -0.1) is 0 Å². The number of benzene rings is 2. The van der Waals surface area contributed by atoms with Crippen molar-refractivity contribution >= 4 is 22.6 Å². The number of hydrogen-bond donors (Lipinski definition) is 2. The van der Waals surface area contributed by atoms with E-state index in [1.165, 1.54) is 65.6 Å². The molecule has 2 aromatic carbocycles. The molecule has 1 fully saturated rings. The number of aromatic nitrogens is 1. The highest BCUT2D eigenvalue weighted by Gasteiger charge is 2.40. The van der Waals surface area contributed by atoms with E-state index in [2.05, 4.69) is 47.6 Å². The molecule has 0 radical (unpaired) electrons. The summed E-state index contributed by atoms with van der Waals surface area (Å²) in [7, 11) is 0. The molecule has 1 atom stereocenters. The molecule has 1 aliphatic carbocycles. The molecule has 3 heterocycles. The van der Waals surface area contributed by atoms with Crippen molar-refractivity contribution in [3.63, 3.8) is 0 Å². The fourth-order valence-corrected chi connectivity index (χ4v) is 6.69. The normalized spacial score (nSPS) is 22.0. The molecule has 0 unspecified atom stereocenters. The van der Waals surface area contributed by atoms with Gasteiger partial charge in [0, 0.05) is 47.6 Å². The number of carbonyl (C=O) groups is 1. The Morgan fingerprint density at radius 3 is 2.64 bits per heavy atom. The molecule has 6 rings (SSSR count). The van der Waals surface area contributed by atoms with E-state index >= 15 is 0 Å². The Morgan fingerprint density at radius 1 is 1.09 bits per heavy atom.